The van der Waals surface area contributed by atoms with Gasteiger partial charge in [-0.2, -0.15) is 11.8 Å². The molecule has 0 atom stereocenters. The van der Waals surface area contributed by atoms with Gasteiger partial charge in [-0.25, -0.2) is 9.78 Å². The van der Waals surface area contributed by atoms with E-state index in [4.69, 9.17) is 4.74 Å². The zero-order valence-corrected chi connectivity index (χ0v) is 15.6. The predicted octanol–water partition coefficient (Wildman–Crippen LogP) is 3.01. The first-order chi connectivity index (χ1) is 12.2. The third-order valence-electron chi connectivity index (χ3n) is 3.20. The lowest BCUT2D eigenvalue weighted by Crippen LogP contribution is -2.30. The third kappa shape index (κ3) is 6.80. The van der Waals surface area contributed by atoms with Gasteiger partial charge in [-0.05, 0) is 24.0 Å². The molecule has 0 saturated heterocycles. The van der Waals surface area contributed by atoms with Crippen LogP contribution < -0.4 is 5.32 Å². The summed E-state index contributed by atoms with van der Waals surface area (Å²) in [5.74, 6) is 0.868. The van der Waals surface area contributed by atoms with Crippen molar-refractivity contribution in [1.82, 2.24) is 10.3 Å². The second-order valence-corrected chi connectivity index (χ2v) is 6.92. The molecule has 0 fully saturated rings. The number of aromatic nitrogens is 1. The van der Waals surface area contributed by atoms with Gasteiger partial charge in [0, 0.05) is 24.2 Å². The molecule has 0 aliphatic carbocycles. The highest BCUT2D eigenvalue weighted by atomic mass is 32.2. The van der Waals surface area contributed by atoms with Crippen LogP contribution in [0.4, 0.5) is 0 Å². The number of carbonyl (C=O) groups is 2. The van der Waals surface area contributed by atoms with Crippen LogP contribution in [0.3, 0.4) is 0 Å². The largest absolute Gasteiger partial charge is 0.452 e. The molecule has 25 heavy (non-hydrogen) atoms. The van der Waals surface area contributed by atoms with Crippen LogP contribution in [-0.2, 0) is 15.3 Å². The predicted molar refractivity (Wildman–Crippen MR) is 102 cm³/mol. The minimum absolute atomic E-state index is 0.287. The van der Waals surface area contributed by atoms with Gasteiger partial charge in [0.15, 0.2) is 6.61 Å². The van der Waals surface area contributed by atoms with E-state index < -0.39 is 5.97 Å². The smallest absolute Gasteiger partial charge is 0.341 e. The lowest BCUT2D eigenvalue weighted by molar-refractivity contribution is -0.124. The van der Waals surface area contributed by atoms with E-state index in [1.165, 1.54) is 17.3 Å². The molecule has 1 aromatic carbocycles. The minimum atomic E-state index is -0.536. The lowest BCUT2D eigenvalue weighted by atomic mass is 10.2. The molecule has 0 bridgehead atoms. The van der Waals surface area contributed by atoms with Crippen LogP contribution in [0.1, 0.15) is 15.9 Å². The second-order valence-electron chi connectivity index (χ2n) is 5.02. The van der Waals surface area contributed by atoms with Crippen LogP contribution in [0.2, 0.25) is 0 Å². The van der Waals surface area contributed by atoms with Crippen molar-refractivity contribution < 1.29 is 14.3 Å². The topological polar surface area (TPSA) is 68.3 Å². The van der Waals surface area contributed by atoms with Gasteiger partial charge in [0.05, 0.1) is 5.56 Å². The van der Waals surface area contributed by atoms with Gasteiger partial charge >= 0.3 is 5.97 Å². The number of benzene rings is 1. The number of esters is 1. The van der Waals surface area contributed by atoms with Gasteiger partial charge in [-0.3, -0.25) is 4.79 Å². The van der Waals surface area contributed by atoms with Gasteiger partial charge in [0.25, 0.3) is 5.91 Å². The summed E-state index contributed by atoms with van der Waals surface area (Å²) in [4.78, 5) is 27.8. The van der Waals surface area contributed by atoms with Crippen molar-refractivity contribution in [3.8, 4) is 0 Å². The number of nitrogens with one attached hydrogen (secondary N) is 1. The van der Waals surface area contributed by atoms with Gasteiger partial charge < -0.3 is 10.1 Å². The standard InChI is InChI=1S/C18H20N2O3S2/c1-24-17-15(8-5-9-20-17)18(22)23-12-16(21)19-10-11-25-13-14-6-3-2-4-7-14/h2-9H,10-13H2,1H3,(H,19,21). The fourth-order valence-corrected chi connectivity index (χ4v) is 3.35. The van der Waals surface area contributed by atoms with Crippen molar-refractivity contribution in [2.24, 2.45) is 0 Å². The van der Waals surface area contributed by atoms with Crippen molar-refractivity contribution in [3.05, 3.63) is 59.8 Å². The molecule has 1 amide bonds. The summed E-state index contributed by atoms with van der Waals surface area (Å²) in [6.07, 6.45) is 3.45. The third-order valence-corrected chi connectivity index (χ3v) is 4.94. The Kier molecular flexibility index (Phi) is 8.34. The van der Waals surface area contributed by atoms with E-state index in [0.29, 0.717) is 17.1 Å². The van der Waals surface area contributed by atoms with Crippen molar-refractivity contribution in [2.45, 2.75) is 10.8 Å². The summed E-state index contributed by atoms with van der Waals surface area (Å²) in [5, 5.41) is 3.33. The summed E-state index contributed by atoms with van der Waals surface area (Å²) in [6.45, 7) is 0.252. The van der Waals surface area contributed by atoms with Gasteiger partial charge in [0.1, 0.15) is 5.03 Å². The molecule has 2 rings (SSSR count). The summed E-state index contributed by atoms with van der Waals surface area (Å²) < 4.78 is 5.05. The average Bonchev–Trinajstić information content (AvgIpc) is 2.66. The van der Waals surface area contributed by atoms with Gasteiger partial charge in [-0.15, -0.1) is 11.8 Å². The van der Waals surface area contributed by atoms with Crippen molar-refractivity contribution >= 4 is 35.4 Å². The summed E-state index contributed by atoms with van der Waals surface area (Å²) in [5.41, 5.74) is 1.63. The van der Waals surface area contributed by atoms with Crippen LogP contribution >= 0.6 is 23.5 Å². The first kappa shape index (κ1) is 19.3. The molecule has 5 nitrogen and oxygen atoms in total. The Hall–Kier alpha value is -1.99. The molecule has 0 aliphatic heterocycles. The Morgan fingerprint density at radius 1 is 1.16 bits per heavy atom. The van der Waals surface area contributed by atoms with Crippen LogP contribution in [0, 0.1) is 0 Å². The van der Waals surface area contributed by atoms with Crippen LogP contribution in [0.15, 0.2) is 53.7 Å². The molecule has 2 aromatic rings. The molecule has 1 N–H and O–H groups in total. The molecule has 0 unspecified atom stereocenters. The molecular weight excluding hydrogens is 356 g/mol. The number of amides is 1. The molecule has 7 heteroatoms. The van der Waals surface area contributed by atoms with E-state index >= 15 is 0 Å². The maximum atomic E-state index is 12.0. The lowest BCUT2D eigenvalue weighted by Gasteiger charge is -2.08. The maximum absolute atomic E-state index is 12.0. The quantitative estimate of drug-likeness (QED) is 0.412. The highest BCUT2D eigenvalue weighted by Crippen LogP contribution is 2.17. The van der Waals surface area contributed by atoms with Crippen LogP contribution in [0.5, 0.6) is 0 Å². The molecular formula is C18H20N2O3S2. The molecule has 0 spiro atoms. The fraction of sp³-hybridized carbons (Fsp3) is 0.278. The molecule has 0 radical (unpaired) electrons. The Morgan fingerprint density at radius 2 is 1.96 bits per heavy atom. The maximum Gasteiger partial charge on any atom is 0.341 e. The van der Waals surface area contributed by atoms with Gasteiger partial charge in [0.2, 0.25) is 0 Å². The number of ether oxygens (including phenoxy) is 1. The van der Waals surface area contributed by atoms with Crippen molar-refractivity contribution in [3.63, 3.8) is 0 Å². The summed E-state index contributed by atoms with van der Waals surface area (Å²) >= 11 is 3.10. The SMILES string of the molecule is CSc1ncccc1C(=O)OCC(=O)NCCSCc1ccccc1. The number of rotatable bonds is 9. The number of nitrogens with zero attached hydrogens (tertiary/aromatic N) is 1. The Bertz CT molecular complexity index is 696. The van der Waals surface area contributed by atoms with E-state index in [9.17, 15) is 9.59 Å². The summed E-state index contributed by atoms with van der Waals surface area (Å²) in [7, 11) is 0. The number of thioether (sulfide) groups is 2. The molecule has 132 valence electrons. The van der Waals surface area contributed by atoms with E-state index in [-0.39, 0.29) is 12.5 Å². The average molecular weight is 377 g/mol. The number of carbonyl (C=O) groups excluding carboxylic acids is 2. The Balaban J connectivity index is 1.63. The van der Waals surface area contributed by atoms with Crippen molar-refractivity contribution in [1.29, 1.82) is 0 Å². The second kappa shape index (κ2) is 10.8. The normalized spacial score (nSPS) is 10.3. The fourth-order valence-electron chi connectivity index (χ4n) is 2.00. The molecule has 1 aromatic heterocycles. The van der Waals surface area contributed by atoms with E-state index in [0.717, 1.165) is 11.5 Å². The molecule has 0 saturated carbocycles. The van der Waals surface area contributed by atoms with E-state index in [2.05, 4.69) is 22.4 Å². The number of hydrogen-bond donors (Lipinski definition) is 1. The zero-order chi connectivity index (χ0) is 17.9. The molecule has 0 aliphatic rings. The number of hydrogen-bond acceptors (Lipinski definition) is 6. The summed E-state index contributed by atoms with van der Waals surface area (Å²) in [6, 6.07) is 13.5. The van der Waals surface area contributed by atoms with Crippen LogP contribution in [0.25, 0.3) is 0 Å². The minimum Gasteiger partial charge on any atom is -0.452 e. The first-order valence-corrected chi connectivity index (χ1v) is 10.1. The highest BCUT2D eigenvalue weighted by molar-refractivity contribution is 7.98. The van der Waals surface area contributed by atoms with E-state index in [1.54, 1.807) is 30.1 Å². The number of pyridine rings is 1. The van der Waals surface area contributed by atoms with Crippen LogP contribution in [-0.4, -0.2) is 42.0 Å². The first-order valence-electron chi connectivity index (χ1n) is 7.75. The zero-order valence-electron chi connectivity index (χ0n) is 13.9. The van der Waals surface area contributed by atoms with Crippen molar-refractivity contribution in [2.75, 3.05) is 25.2 Å². The monoisotopic (exact) mass is 376 g/mol. The van der Waals surface area contributed by atoms with Gasteiger partial charge in [-0.1, -0.05) is 30.3 Å². The Morgan fingerprint density at radius 3 is 2.72 bits per heavy atom. The highest BCUT2D eigenvalue weighted by Gasteiger charge is 2.14. The molecule has 1 heterocycles. The Labute approximate surface area is 155 Å². The van der Waals surface area contributed by atoms with E-state index in [1.807, 2.05) is 24.5 Å².